The van der Waals surface area contributed by atoms with E-state index in [4.69, 9.17) is 10.00 Å². The van der Waals surface area contributed by atoms with Crippen molar-refractivity contribution in [3.63, 3.8) is 0 Å². The molecule has 2 aromatic carbocycles. The Morgan fingerprint density at radius 1 is 1.27 bits per heavy atom. The van der Waals surface area contributed by atoms with Gasteiger partial charge in [0, 0.05) is 17.8 Å². The summed E-state index contributed by atoms with van der Waals surface area (Å²) in [4.78, 5) is 11.6. The molecule has 0 amide bonds. The summed E-state index contributed by atoms with van der Waals surface area (Å²) in [5.74, 6) is 0.783. The lowest BCUT2D eigenvalue weighted by atomic mass is 10.1. The number of aryl methyl sites for hydroxylation is 1. The number of hydrogen-bond donors (Lipinski definition) is 1. The number of ketones is 1. The second-order valence-electron chi connectivity index (χ2n) is 5.02. The van der Waals surface area contributed by atoms with Crippen LogP contribution in [0.2, 0.25) is 0 Å². The Bertz CT molecular complexity index is 717. The number of nitrogens with one attached hydrogen (secondary N) is 1. The number of benzene rings is 2. The lowest BCUT2D eigenvalue weighted by Gasteiger charge is -2.12. The van der Waals surface area contributed by atoms with E-state index < -0.39 is 0 Å². The molecule has 0 saturated heterocycles. The molecule has 1 N–H and O–H groups in total. The number of anilines is 1. The standard InChI is InChI=1S/C18H18N2O2/c1-13-4-3-5-16(10-13)22-9-8-20-18-11-15(12-19)6-7-17(18)14(2)21/h3-7,10-11,20H,8-9H2,1-2H3. The zero-order valence-corrected chi connectivity index (χ0v) is 12.7. The number of carbonyl (C=O) groups excluding carboxylic acids is 1. The molecule has 0 heterocycles. The lowest BCUT2D eigenvalue weighted by molar-refractivity contribution is 0.101. The van der Waals surface area contributed by atoms with E-state index in [0.717, 1.165) is 11.3 Å². The van der Waals surface area contributed by atoms with Crippen molar-refractivity contribution in [3.05, 3.63) is 59.2 Å². The van der Waals surface area contributed by atoms with Crippen molar-refractivity contribution in [2.24, 2.45) is 0 Å². The molecule has 0 aliphatic carbocycles. The van der Waals surface area contributed by atoms with Crippen molar-refractivity contribution in [1.82, 2.24) is 0 Å². The van der Waals surface area contributed by atoms with E-state index in [1.54, 1.807) is 18.2 Å². The largest absolute Gasteiger partial charge is 0.492 e. The fourth-order valence-electron chi connectivity index (χ4n) is 2.13. The number of Topliss-reactive ketones (excluding diaryl/α,β-unsaturated/α-hetero) is 1. The van der Waals surface area contributed by atoms with E-state index in [0.29, 0.717) is 30.0 Å². The highest BCUT2D eigenvalue weighted by Crippen LogP contribution is 2.18. The van der Waals surface area contributed by atoms with Gasteiger partial charge in [0.25, 0.3) is 0 Å². The predicted molar refractivity (Wildman–Crippen MR) is 86.3 cm³/mol. The fourth-order valence-corrected chi connectivity index (χ4v) is 2.13. The molecule has 2 aromatic rings. The van der Waals surface area contributed by atoms with Gasteiger partial charge in [-0.3, -0.25) is 4.79 Å². The topological polar surface area (TPSA) is 62.1 Å². The monoisotopic (exact) mass is 294 g/mol. The second kappa shape index (κ2) is 7.28. The average Bonchev–Trinajstić information content (AvgIpc) is 2.51. The molecule has 112 valence electrons. The molecule has 22 heavy (non-hydrogen) atoms. The Morgan fingerprint density at radius 2 is 2.09 bits per heavy atom. The third-order valence-electron chi connectivity index (χ3n) is 3.20. The van der Waals surface area contributed by atoms with Crippen molar-refractivity contribution in [3.8, 4) is 11.8 Å². The summed E-state index contributed by atoms with van der Waals surface area (Å²) in [7, 11) is 0. The molecular formula is C18H18N2O2. The van der Waals surface area contributed by atoms with E-state index in [2.05, 4.69) is 11.4 Å². The molecule has 0 fully saturated rings. The first kappa shape index (κ1) is 15.6. The highest BCUT2D eigenvalue weighted by atomic mass is 16.5. The average molecular weight is 294 g/mol. The van der Waals surface area contributed by atoms with Crippen LogP contribution < -0.4 is 10.1 Å². The molecule has 0 aliphatic rings. The van der Waals surface area contributed by atoms with Crippen molar-refractivity contribution in [2.45, 2.75) is 13.8 Å². The van der Waals surface area contributed by atoms with Crippen LogP contribution in [0.4, 0.5) is 5.69 Å². The van der Waals surface area contributed by atoms with Crippen LogP contribution in [0.25, 0.3) is 0 Å². The van der Waals surface area contributed by atoms with E-state index in [1.807, 2.05) is 31.2 Å². The molecular weight excluding hydrogens is 276 g/mol. The minimum Gasteiger partial charge on any atom is -0.492 e. The number of hydrogen-bond acceptors (Lipinski definition) is 4. The van der Waals surface area contributed by atoms with Crippen LogP contribution >= 0.6 is 0 Å². The Hall–Kier alpha value is -2.80. The summed E-state index contributed by atoms with van der Waals surface area (Å²) < 4.78 is 5.65. The normalized spacial score (nSPS) is 9.86. The maximum atomic E-state index is 11.6. The molecule has 0 unspecified atom stereocenters. The van der Waals surface area contributed by atoms with Gasteiger partial charge in [-0.15, -0.1) is 0 Å². The molecule has 0 radical (unpaired) electrons. The van der Waals surface area contributed by atoms with Crippen LogP contribution in [0, 0.1) is 18.3 Å². The SMILES string of the molecule is CC(=O)c1ccc(C#N)cc1NCCOc1cccc(C)c1. The number of nitriles is 1. The quantitative estimate of drug-likeness (QED) is 0.653. The first-order chi connectivity index (χ1) is 10.6. The van der Waals surface area contributed by atoms with Gasteiger partial charge in [0.15, 0.2) is 5.78 Å². The molecule has 0 bridgehead atoms. The van der Waals surface area contributed by atoms with Crippen LogP contribution in [-0.4, -0.2) is 18.9 Å². The molecule has 0 aliphatic heterocycles. The molecule has 0 aromatic heterocycles. The molecule has 0 saturated carbocycles. The zero-order valence-electron chi connectivity index (χ0n) is 12.7. The van der Waals surface area contributed by atoms with E-state index in [9.17, 15) is 4.79 Å². The summed E-state index contributed by atoms with van der Waals surface area (Å²) in [5.41, 5.74) is 2.91. The van der Waals surface area contributed by atoms with E-state index in [1.165, 1.54) is 6.92 Å². The Kier molecular flexibility index (Phi) is 5.16. The van der Waals surface area contributed by atoms with Crippen LogP contribution in [-0.2, 0) is 0 Å². The van der Waals surface area contributed by atoms with Gasteiger partial charge in [-0.05, 0) is 49.7 Å². The Morgan fingerprint density at radius 3 is 2.77 bits per heavy atom. The van der Waals surface area contributed by atoms with Crippen molar-refractivity contribution in [2.75, 3.05) is 18.5 Å². The minimum atomic E-state index is -0.0356. The number of carbonyl (C=O) groups is 1. The van der Waals surface area contributed by atoms with E-state index in [-0.39, 0.29) is 5.78 Å². The van der Waals surface area contributed by atoms with Crippen molar-refractivity contribution >= 4 is 11.5 Å². The number of rotatable bonds is 6. The molecule has 4 nitrogen and oxygen atoms in total. The molecule has 4 heteroatoms. The predicted octanol–water partition coefficient (Wildman–Crippen LogP) is 3.56. The van der Waals surface area contributed by atoms with Crippen LogP contribution in [0.3, 0.4) is 0 Å². The van der Waals surface area contributed by atoms with Crippen LogP contribution in [0.15, 0.2) is 42.5 Å². The summed E-state index contributed by atoms with van der Waals surface area (Å²) >= 11 is 0. The highest BCUT2D eigenvalue weighted by Gasteiger charge is 2.08. The van der Waals surface area contributed by atoms with Gasteiger partial charge in [-0.1, -0.05) is 12.1 Å². The lowest BCUT2D eigenvalue weighted by Crippen LogP contribution is -2.13. The van der Waals surface area contributed by atoms with Gasteiger partial charge in [0.05, 0.1) is 11.6 Å². The van der Waals surface area contributed by atoms with Crippen molar-refractivity contribution in [1.29, 1.82) is 5.26 Å². The van der Waals surface area contributed by atoms with Gasteiger partial charge in [-0.2, -0.15) is 5.26 Å². The summed E-state index contributed by atoms with van der Waals surface area (Å²) in [6.45, 7) is 4.54. The smallest absolute Gasteiger partial charge is 0.161 e. The Labute approximate surface area is 130 Å². The van der Waals surface area contributed by atoms with Crippen LogP contribution in [0.1, 0.15) is 28.4 Å². The maximum Gasteiger partial charge on any atom is 0.161 e. The highest BCUT2D eigenvalue weighted by molar-refractivity contribution is 5.99. The third-order valence-corrected chi connectivity index (χ3v) is 3.20. The minimum absolute atomic E-state index is 0.0356. The maximum absolute atomic E-state index is 11.6. The van der Waals surface area contributed by atoms with Crippen LogP contribution in [0.5, 0.6) is 5.75 Å². The number of nitrogens with zero attached hydrogens (tertiary/aromatic N) is 1. The summed E-state index contributed by atoms with van der Waals surface area (Å²) in [5, 5.41) is 12.1. The first-order valence-corrected chi connectivity index (χ1v) is 7.08. The van der Waals surface area contributed by atoms with Crippen molar-refractivity contribution < 1.29 is 9.53 Å². The zero-order chi connectivity index (χ0) is 15.9. The summed E-state index contributed by atoms with van der Waals surface area (Å²) in [6.07, 6.45) is 0. The summed E-state index contributed by atoms with van der Waals surface area (Å²) in [6, 6.07) is 14.9. The van der Waals surface area contributed by atoms with Gasteiger partial charge < -0.3 is 10.1 Å². The van der Waals surface area contributed by atoms with Gasteiger partial charge >= 0.3 is 0 Å². The van der Waals surface area contributed by atoms with Gasteiger partial charge in [0.1, 0.15) is 12.4 Å². The molecule has 0 spiro atoms. The first-order valence-electron chi connectivity index (χ1n) is 7.08. The van der Waals surface area contributed by atoms with Gasteiger partial charge in [0.2, 0.25) is 0 Å². The number of ether oxygens (including phenoxy) is 1. The third kappa shape index (κ3) is 4.10. The van der Waals surface area contributed by atoms with E-state index >= 15 is 0 Å². The Balaban J connectivity index is 1.96. The van der Waals surface area contributed by atoms with Gasteiger partial charge in [-0.25, -0.2) is 0 Å². The second-order valence-corrected chi connectivity index (χ2v) is 5.02. The molecule has 0 atom stereocenters. The fraction of sp³-hybridized carbons (Fsp3) is 0.222. The molecule has 2 rings (SSSR count).